The van der Waals surface area contributed by atoms with Gasteiger partial charge < -0.3 is 10.5 Å². The molecule has 0 bridgehead atoms. The number of aryl methyl sites for hydroxylation is 2. The zero-order chi connectivity index (χ0) is 12.1. The molecule has 1 unspecified atom stereocenters. The van der Waals surface area contributed by atoms with Gasteiger partial charge in [-0.2, -0.15) is 0 Å². The van der Waals surface area contributed by atoms with E-state index in [2.05, 4.69) is 0 Å². The molecule has 0 radical (unpaired) electrons. The summed E-state index contributed by atoms with van der Waals surface area (Å²) in [4.78, 5) is 11.4. The third-order valence-corrected chi connectivity index (χ3v) is 2.66. The summed E-state index contributed by atoms with van der Waals surface area (Å²) in [6.07, 6.45) is 0.539. The van der Waals surface area contributed by atoms with Crippen molar-refractivity contribution in [2.75, 3.05) is 6.61 Å². The fraction of sp³-hybridized carbons (Fsp3) is 0.462. The maximum absolute atomic E-state index is 11.4. The van der Waals surface area contributed by atoms with E-state index in [9.17, 15) is 4.79 Å². The van der Waals surface area contributed by atoms with Gasteiger partial charge in [0.05, 0.1) is 6.61 Å². The Labute approximate surface area is 96.6 Å². The summed E-state index contributed by atoms with van der Waals surface area (Å²) >= 11 is 0. The van der Waals surface area contributed by atoms with Crippen LogP contribution in [0.25, 0.3) is 0 Å². The lowest BCUT2D eigenvalue weighted by atomic mass is 9.97. The van der Waals surface area contributed by atoms with Gasteiger partial charge in [0.2, 0.25) is 0 Å². The molecular weight excluding hydrogens is 202 g/mol. The molecule has 0 aliphatic heterocycles. The van der Waals surface area contributed by atoms with Crippen LogP contribution >= 0.6 is 0 Å². The first-order chi connectivity index (χ1) is 7.56. The van der Waals surface area contributed by atoms with Crippen molar-refractivity contribution in [3.63, 3.8) is 0 Å². The van der Waals surface area contributed by atoms with Crippen LogP contribution in [0.5, 0.6) is 0 Å². The van der Waals surface area contributed by atoms with Crippen LogP contribution in [0.2, 0.25) is 0 Å². The molecule has 0 aliphatic rings. The molecule has 0 aromatic heterocycles. The second-order valence-corrected chi connectivity index (χ2v) is 3.93. The largest absolute Gasteiger partial charge is 0.465 e. The topological polar surface area (TPSA) is 52.3 Å². The van der Waals surface area contributed by atoms with E-state index in [1.165, 1.54) is 11.1 Å². The summed E-state index contributed by atoms with van der Waals surface area (Å²) < 4.78 is 4.89. The summed E-state index contributed by atoms with van der Waals surface area (Å²) in [5, 5.41) is 0. The van der Waals surface area contributed by atoms with E-state index in [-0.39, 0.29) is 5.97 Å². The number of benzene rings is 1. The lowest BCUT2D eigenvalue weighted by Gasteiger charge is -2.14. The number of hydrogen-bond donors (Lipinski definition) is 1. The van der Waals surface area contributed by atoms with Gasteiger partial charge in [0, 0.05) is 0 Å². The van der Waals surface area contributed by atoms with Crippen molar-refractivity contribution in [3.8, 4) is 0 Å². The molecule has 0 heterocycles. The predicted molar refractivity (Wildman–Crippen MR) is 64.2 cm³/mol. The number of esters is 1. The first-order valence-corrected chi connectivity index (χ1v) is 5.53. The normalized spacial score (nSPS) is 12.2. The van der Waals surface area contributed by atoms with Crippen molar-refractivity contribution in [1.82, 2.24) is 0 Å². The van der Waals surface area contributed by atoms with Crippen LogP contribution in [0.3, 0.4) is 0 Å². The van der Waals surface area contributed by atoms with Gasteiger partial charge in [0.15, 0.2) is 0 Å². The van der Waals surface area contributed by atoms with Crippen molar-refractivity contribution >= 4 is 5.97 Å². The minimum Gasteiger partial charge on any atom is -0.465 e. The highest BCUT2D eigenvalue weighted by Crippen LogP contribution is 2.15. The molecule has 16 heavy (non-hydrogen) atoms. The first-order valence-electron chi connectivity index (χ1n) is 5.53. The average molecular weight is 221 g/mol. The molecule has 1 rings (SSSR count). The number of hydrogen-bond acceptors (Lipinski definition) is 3. The summed E-state index contributed by atoms with van der Waals surface area (Å²) in [5.41, 5.74) is 9.27. The molecule has 0 spiro atoms. The minimum absolute atomic E-state index is 0.329. The number of nitrogens with two attached hydrogens (primary N) is 1. The van der Waals surface area contributed by atoms with Crippen molar-refractivity contribution in [2.45, 2.75) is 33.2 Å². The van der Waals surface area contributed by atoms with E-state index < -0.39 is 6.04 Å². The quantitative estimate of drug-likeness (QED) is 0.788. The standard InChI is InChI=1S/C13H19NO2/c1-4-16-13(15)12(14)8-11-9(2)6-5-7-10(11)3/h5-7,12H,4,8,14H2,1-3H3. The van der Waals surface area contributed by atoms with E-state index in [1.54, 1.807) is 6.92 Å². The van der Waals surface area contributed by atoms with E-state index in [4.69, 9.17) is 10.5 Å². The van der Waals surface area contributed by atoms with Gasteiger partial charge >= 0.3 is 5.97 Å². The first kappa shape index (κ1) is 12.7. The van der Waals surface area contributed by atoms with Gasteiger partial charge in [0.25, 0.3) is 0 Å². The molecule has 1 aromatic carbocycles. The maximum Gasteiger partial charge on any atom is 0.323 e. The van der Waals surface area contributed by atoms with Crippen molar-refractivity contribution in [1.29, 1.82) is 0 Å². The zero-order valence-electron chi connectivity index (χ0n) is 10.1. The van der Waals surface area contributed by atoms with E-state index in [1.807, 2.05) is 32.0 Å². The molecule has 3 heteroatoms. The monoisotopic (exact) mass is 221 g/mol. The fourth-order valence-electron chi connectivity index (χ4n) is 1.72. The highest BCUT2D eigenvalue weighted by molar-refractivity contribution is 5.76. The number of carbonyl (C=O) groups excluding carboxylic acids is 1. The number of ether oxygens (including phenoxy) is 1. The lowest BCUT2D eigenvalue weighted by molar-refractivity contribution is -0.144. The Morgan fingerprint density at radius 1 is 1.38 bits per heavy atom. The molecule has 1 atom stereocenters. The van der Waals surface area contributed by atoms with Crippen LogP contribution in [0, 0.1) is 13.8 Å². The Morgan fingerprint density at radius 2 is 1.94 bits per heavy atom. The van der Waals surface area contributed by atoms with Crippen molar-refractivity contribution in [3.05, 3.63) is 34.9 Å². The van der Waals surface area contributed by atoms with Crippen LogP contribution in [0.15, 0.2) is 18.2 Å². The third kappa shape index (κ3) is 3.07. The molecular formula is C13H19NO2. The maximum atomic E-state index is 11.4. The molecule has 0 fully saturated rings. The number of rotatable bonds is 4. The highest BCUT2D eigenvalue weighted by Gasteiger charge is 2.16. The zero-order valence-corrected chi connectivity index (χ0v) is 10.1. The molecule has 0 aliphatic carbocycles. The summed E-state index contributed by atoms with van der Waals surface area (Å²) in [6.45, 7) is 6.21. The highest BCUT2D eigenvalue weighted by atomic mass is 16.5. The Morgan fingerprint density at radius 3 is 2.44 bits per heavy atom. The summed E-state index contributed by atoms with van der Waals surface area (Å²) in [5.74, 6) is -0.329. The van der Waals surface area contributed by atoms with Crippen molar-refractivity contribution < 1.29 is 9.53 Å². The molecule has 0 saturated heterocycles. The molecule has 3 nitrogen and oxygen atoms in total. The SMILES string of the molecule is CCOC(=O)C(N)Cc1c(C)cccc1C. The Bertz CT molecular complexity index is 354. The minimum atomic E-state index is -0.570. The summed E-state index contributed by atoms with van der Waals surface area (Å²) in [7, 11) is 0. The van der Waals surface area contributed by atoms with Crippen LogP contribution in [0.4, 0.5) is 0 Å². The van der Waals surface area contributed by atoms with Gasteiger partial charge in [-0.25, -0.2) is 0 Å². The second-order valence-electron chi connectivity index (χ2n) is 3.93. The predicted octanol–water partition coefficient (Wildman–Crippen LogP) is 1.74. The number of carbonyl (C=O) groups is 1. The van der Waals surface area contributed by atoms with Crippen LogP contribution in [-0.2, 0) is 16.0 Å². The Balaban J connectivity index is 2.76. The van der Waals surface area contributed by atoms with Crippen molar-refractivity contribution in [2.24, 2.45) is 5.73 Å². The smallest absolute Gasteiger partial charge is 0.323 e. The van der Waals surface area contributed by atoms with E-state index in [0.29, 0.717) is 13.0 Å². The molecule has 0 amide bonds. The fourth-order valence-corrected chi connectivity index (χ4v) is 1.72. The molecule has 0 saturated carbocycles. The van der Waals surface area contributed by atoms with Crippen LogP contribution in [0.1, 0.15) is 23.6 Å². The van der Waals surface area contributed by atoms with E-state index >= 15 is 0 Å². The van der Waals surface area contributed by atoms with Gasteiger partial charge in [-0.1, -0.05) is 18.2 Å². The Kier molecular flexibility index (Phi) is 4.50. The summed E-state index contributed by atoms with van der Waals surface area (Å²) in [6, 6.07) is 5.49. The van der Waals surface area contributed by atoms with Crippen LogP contribution < -0.4 is 5.73 Å². The van der Waals surface area contributed by atoms with Gasteiger partial charge in [-0.15, -0.1) is 0 Å². The lowest BCUT2D eigenvalue weighted by Crippen LogP contribution is -2.34. The molecule has 88 valence electrons. The Hall–Kier alpha value is -1.35. The van der Waals surface area contributed by atoms with Gasteiger partial charge in [-0.3, -0.25) is 4.79 Å². The third-order valence-electron chi connectivity index (χ3n) is 2.66. The average Bonchev–Trinajstić information content (AvgIpc) is 2.23. The second kappa shape index (κ2) is 5.66. The molecule has 2 N–H and O–H groups in total. The molecule has 1 aromatic rings. The van der Waals surface area contributed by atoms with Gasteiger partial charge in [-0.05, 0) is 43.9 Å². The van der Waals surface area contributed by atoms with E-state index in [0.717, 1.165) is 5.56 Å². The van der Waals surface area contributed by atoms with Crippen LogP contribution in [-0.4, -0.2) is 18.6 Å². The van der Waals surface area contributed by atoms with Gasteiger partial charge in [0.1, 0.15) is 6.04 Å².